The van der Waals surface area contributed by atoms with Crippen LogP contribution in [0.25, 0.3) is 0 Å². The number of aryl methyl sites for hydroxylation is 2. The molecule has 0 aliphatic carbocycles. The molecule has 162 valence electrons. The van der Waals surface area contributed by atoms with Crippen LogP contribution in [0.4, 0.5) is 11.5 Å². The number of hydrogen-bond donors (Lipinski definition) is 2. The number of thiocarbonyl (C=S) groups is 1. The van der Waals surface area contributed by atoms with Gasteiger partial charge in [0.2, 0.25) is 6.17 Å². The molecule has 1 atom stereocenters. The molecular weight excluding hydrogens is 442 g/mol. The number of benzene rings is 2. The van der Waals surface area contributed by atoms with Crippen LogP contribution in [0.1, 0.15) is 22.4 Å². The highest BCUT2D eigenvalue weighted by molar-refractivity contribution is 7.80. The molecule has 1 aliphatic rings. The third-order valence-electron chi connectivity index (χ3n) is 5.05. The van der Waals surface area contributed by atoms with Crippen molar-refractivity contribution in [2.24, 2.45) is 4.99 Å². The number of nitrogens with zero attached hydrogens (tertiary/aromatic N) is 3. The number of amides is 1. The van der Waals surface area contributed by atoms with Crippen molar-refractivity contribution >= 4 is 52.1 Å². The molecule has 2 heterocycles. The summed E-state index contributed by atoms with van der Waals surface area (Å²) < 4.78 is 0. The second-order valence-corrected chi connectivity index (χ2v) is 8.42. The molecule has 4 rings (SSSR count). The predicted molar refractivity (Wildman–Crippen MR) is 134 cm³/mol. The van der Waals surface area contributed by atoms with Crippen molar-refractivity contribution < 1.29 is 4.79 Å². The van der Waals surface area contributed by atoms with E-state index in [9.17, 15) is 4.79 Å². The Morgan fingerprint density at radius 1 is 1.09 bits per heavy atom. The van der Waals surface area contributed by atoms with Gasteiger partial charge in [-0.1, -0.05) is 41.9 Å². The van der Waals surface area contributed by atoms with Crippen LogP contribution in [0.5, 0.6) is 0 Å². The van der Waals surface area contributed by atoms with Gasteiger partial charge >= 0.3 is 0 Å². The predicted octanol–water partition coefficient (Wildman–Crippen LogP) is 4.48. The zero-order valence-electron chi connectivity index (χ0n) is 17.9. The zero-order chi connectivity index (χ0) is 22.8. The van der Waals surface area contributed by atoms with Gasteiger partial charge in [0.25, 0.3) is 5.91 Å². The number of pyridine rings is 1. The maximum absolute atomic E-state index is 13.3. The van der Waals surface area contributed by atoms with Crippen molar-refractivity contribution in [3.63, 3.8) is 0 Å². The lowest BCUT2D eigenvalue weighted by Crippen LogP contribution is -2.47. The number of nitrogens with one attached hydrogen (secondary N) is 2. The number of benzodiazepines with no additional fused rings is 1. The largest absolute Gasteiger partial charge is 0.333 e. The van der Waals surface area contributed by atoms with E-state index < -0.39 is 6.17 Å². The molecule has 0 bridgehead atoms. The molecule has 3 aromatic rings. The molecule has 6 nitrogen and oxygen atoms in total. The van der Waals surface area contributed by atoms with Gasteiger partial charge in [0.15, 0.2) is 5.11 Å². The van der Waals surface area contributed by atoms with Crippen LogP contribution in [0, 0.1) is 13.8 Å². The van der Waals surface area contributed by atoms with E-state index in [4.69, 9.17) is 28.8 Å². The van der Waals surface area contributed by atoms with E-state index in [1.165, 1.54) is 0 Å². The number of aromatic nitrogens is 1. The van der Waals surface area contributed by atoms with Crippen molar-refractivity contribution in [1.82, 2.24) is 10.3 Å². The standard InChI is InChI=1S/C24H22ClN5OS/c1-14-11-15(2)26-20(12-14)27-24(32)29-22-23(31)30(3)19-10-9-17(25)13-18(19)21(28-22)16-7-5-4-6-8-16/h4-13,22H,1-3H3,(H2,26,27,29,32). The van der Waals surface area contributed by atoms with Gasteiger partial charge in [-0.3, -0.25) is 4.79 Å². The highest BCUT2D eigenvalue weighted by atomic mass is 35.5. The van der Waals surface area contributed by atoms with E-state index in [1.807, 2.05) is 68.4 Å². The summed E-state index contributed by atoms with van der Waals surface area (Å²) in [5.74, 6) is 0.369. The smallest absolute Gasteiger partial charge is 0.272 e. The van der Waals surface area contributed by atoms with Gasteiger partial charge in [-0.05, 0) is 62.0 Å². The lowest BCUT2D eigenvalue weighted by Gasteiger charge is -2.22. The molecule has 32 heavy (non-hydrogen) atoms. The van der Waals surface area contributed by atoms with E-state index in [0.717, 1.165) is 28.1 Å². The summed E-state index contributed by atoms with van der Waals surface area (Å²) in [5, 5.41) is 6.93. The molecule has 2 aromatic carbocycles. The molecule has 0 saturated carbocycles. The second kappa shape index (κ2) is 9.06. The quantitative estimate of drug-likeness (QED) is 0.560. The summed E-state index contributed by atoms with van der Waals surface area (Å²) in [6, 6.07) is 19.0. The van der Waals surface area contributed by atoms with Crippen LogP contribution in [-0.2, 0) is 4.79 Å². The zero-order valence-corrected chi connectivity index (χ0v) is 19.5. The summed E-state index contributed by atoms with van der Waals surface area (Å²) in [7, 11) is 1.72. The highest BCUT2D eigenvalue weighted by Gasteiger charge is 2.30. The Morgan fingerprint density at radius 3 is 2.56 bits per heavy atom. The van der Waals surface area contributed by atoms with Gasteiger partial charge < -0.3 is 15.5 Å². The molecule has 1 aliphatic heterocycles. The number of hydrogen-bond acceptors (Lipinski definition) is 4. The average Bonchev–Trinajstić information content (AvgIpc) is 2.84. The summed E-state index contributed by atoms with van der Waals surface area (Å²) in [5.41, 5.74) is 4.97. The number of aliphatic imine (C=N–C) groups is 1. The number of carbonyl (C=O) groups excluding carboxylic acids is 1. The number of rotatable bonds is 3. The van der Waals surface area contributed by atoms with E-state index in [0.29, 0.717) is 16.6 Å². The molecule has 0 fully saturated rings. The first-order chi connectivity index (χ1) is 15.3. The van der Waals surface area contributed by atoms with Crippen molar-refractivity contribution in [3.05, 3.63) is 88.1 Å². The lowest BCUT2D eigenvalue weighted by molar-refractivity contribution is -0.119. The Hall–Kier alpha value is -3.29. The van der Waals surface area contributed by atoms with Gasteiger partial charge in [-0.15, -0.1) is 0 Å². The molecule has 8 heteroatoms. The molecule has 1 aromatic heterocycles. The maximum atomic E-state index is 13.3. The van der Waals surface area contributed by atoms with Crippen LogP contribution in [0.2, 0.25) is 5.02 Å². The fraction of sp³-hybridized carbons (Fsp3) is 0.167. The van der Waals surface area contributed by atoms with Crippen molar-refractivity contribution in [2.75, 3.05) is 17.3 Å². The maximum Gasteiger partial charge on any atom is 0.272 e. The first-order valence-electron chi connectivity index (χ1n) is 10.1. The molecule has 0 radical (unpaired) electrons. The number of anilines is 2. The van der Waals surface area contributed by atoms with Crippen LogP contribution < -0.4 is 15.5 Å². The summed E-state index contributed by atoms with van der Waals surface area (Å²) in [6.45, 7) is 3.90. The Kier molecular flexibility index (Phi) is 6.21. The number of likely N-dealkylation sites (N-methyl/N-ethyl adjacent to an activating group) is 1. The molecule has 0 spiro atoms. The Morgan fingerprint density at radius 2 is 1.84 bits per heavy atom. The summed E-state index contributed by atoms with van der Waals surface area (Å²) in [6.07, 6.45) is -0.924. The SMILES string of the molecule is Cc1cc(C)nc(NC(=S)NC2N=C(c3ccccc3)c3cc(Cl)ccc3N(C)C2=O)c1. The van der Waals surface area contributed by atoms with Gasteiger partial charge in [-0.2, -0.15) is 0 Å². The van der Waals surface area contributed by atoms with Gasteiger partial charge in [0.05, 0.1) is 11.4 Å². The van der Waals surface area contributed by atoms with E-state index in [1.54, 1.807) is 18.0 Å². The molecule has 1 unspecified atom stereocenters. The monoisotopic (exact) mass is 463 g/mol. The van der Waals surface area contributed by atoms with E-state index >= 15 is 0 Å². The minimum atomic E-state index is -0.924. The third-order valence-corrected chi connectivity index (χ3v) is 5.51. The summed E-state index contributed by atoms with van der Waals surface area (Å²) in [4.78, 5) is 24.1. The highest BCUT2D eigenvalue weighted by Crippen LogP contribution is 2.29. The Labute approximate surface area is 197 Å². The number of fused-ring (bicyclic) bond motifs is 1. The van der Waals surface area contributed by atoms with Crippen LogP contribution >= 0.6 is 23.8 Å². The first-order valence-corrected chi connectivity index (χ1v) is 10.8. The van der Waals surface area contributed by atoms with Gasteiger partial charge in [0, 0.05) is 28.9 Å². The normalized spacial score (nSPS) is 15.5. The fourth-order valence-electron chi connectivity index (χ4n) is 3.65. The van der Waals surface area contributed by atoms with Crippen molar-refractivity contribution in [1.29, 1.82) is 0 Å². The van der Waals surface area contributed by atoms with Crippen LogP contribution in [0.15, 0.2) is 65.7 Å². The fourth-order valence-corrected chi connectivity index (χ4v) is 4.04. The molecular formula is C24H22ClN5OS. The van der Waals surface area contributed by atoms with Gasteiger partial charge in [0.1, 0.15) is 5.82 Å². The van der Waals surface area contributed by atoms with E-state index in [-0.39, 0.29) is 11.0 Å². The summed E-state index contributed by atoms with van der Waals surface area (Å²) >= 11 is 11.8. The molecule has 0 saturated heterocycles. The lowest BCUT2D eigenvalue weighted by atomic mass is 10.0. The van der Waals surface area contributed by atoms with Crippen LogP contribution in [-0.4, -0.2) is 34.9 Å². The molecule has 2 N–H and O–H groups in total. The number of halogens is 1. The second-order valence-electron chi connectivity index (χ2n) is 7.57. The van der Waals surface area contributed by atoms with Crippen molar-refractivity contribution in [2.45, 2.75) is 20.0 Å². The van der Waals surface area contributed by atoms with Gasteiger partial charge in [-0.25, -0.2) is 9.98 Å². The van der Waals surface area contributed by atoms with E-state index in [2.05, 4.69) is 15.6 Å². The minimum absolute atomic E-state index is 0.239. The average molecular weight is 464 g/mol. The van der Waals surface area contributed by atoms with Crippen LogP contribution in [0.3, 0.4) is 0 Å². The first kappa shape index (κ1) is 21.9. The minimum Gasteiger partial charge on any atom is -0.333 e. The Bertz CT molecular complexity index is 1210. The topological polar surface area (TPSA) is 69.6 Å². The molecule has 1 amide bonds. The number of carbonyl (C=O) groups is 1. The Balaban J connectivity index is 1.71. The third kappa shape index (κ3) is 4.64. The van der Waals surface area contributed by atoms with Crippen molar-refractivity contribution in [3.8, 4) is 0 Å².